The molecular formula is C11H11FN2O2. The molecule has 2 rings (SSSR count). The molecular weight excluding hydrogens is 211 g/mol. The Morgan fingerprint density at radius 3 is 3.12 bits per heavy atom. The zero-order chi connectivity index (χ0) is 11.5. The number of ether oxygens (including phenoxy) is 1. The summed E-state index contributed by atoms with van der Waals surface area (Å²) in [6, 6.07) is 1.46. The van der Waals surface area contributed by atoms with Crippen LogP contribution in [0.4, 0.5) is 4.39 Å². The van der Waals surface area contributed by atoms with Gasteiger partial charge in [-0.3, -0.25) is 5.10 Å². The molecule has 0 aliphatic carbocycles. The molecule has 1 aromatic heterocycles. The third-order valence-corrected chi connectivity index (χ3v) is 2.25. The normalized spacial score (nSPS) is 10.6. The summed E-state index contributed by atoms with van der Waals surface area (Å²) in [5.74, 6) is -0.388. The molecule has 0 amide bonds. The highest BCUT2D eigenvalue weighted by Crippen LogP contribution is 2.28. The van der Waals surface area contributed by atoms with Crippen molar-refractivity contribution in [3.8, 4) is 5.75 Å². The van der Waals surface area contributed by atoms with Crippen molar-refractivity contribution in [1.29, 1.82) is 0 Å². The van der Waals surface area contributed by atoms with Crippen molar-refractivity contribution in [2.45, 2.75) is 6.61 Å². The van der Waals surface area contributed by atoms with E-state index < -0.39 is 5.82 Å². The highest BCUT2D eigenvalue weighted by molar-refractivity contribution is 5.83. The van der Waals surface area contributed by atoms with Gasteiger partial charge in [0.05, 0.1) is 23.7 Å². The minimum atomic E-state index is -0.484. The third-order valence-electron chi connectivity index (χ3n) is 2.25. The molecule has 4 nitrogen and oxygen atoms in total. The van der Waals surface area contributed by atoms with Crippen LogP contribution in [0.15, 0.2) is 24.9 Å². The van der Waals surface area contributed by atoms with E-state index in [4.69, 9.17) is 9.84 Å². The summed E-state index contributed by atoms with van der Waals surface area (Å²) in [5, 5.41) is 15.8. The van der Waals surface area contributed by atoms with Crippen LogP contribution in [0.1, 0.15) is 5.56 Å². The Balaban J connectivity index is 2.56. The number of H-pyrrole nitrogens is 1. The summed E-state index contributed by atoms with van der Waals surface area (Å²) in [4.78, 5) is 0. The van der Waals surface area contributed by atoms with Crippen LogP contribution >= 0.6 is 0 Å². The number of benzene rings is 1. The number of aliphatic hydroxyl groups is 1. The van der Waals surface area contributed by atoms with Crippen LogP contribution < -0.4 is 4.74 Å². The third kappa shape index (κ3) is 1.65. The molecule has 0 atom stereocenters. The maximum atomic E-state index is 13.8. The molecule has 0 aliphatic rings. The number of aliphatic hydroxyl groups excluding tert-OH is 1. The standard InChI is InChI=1S/C11H11FN2O2/c1-2-3-16-9-4-7(6-15)11-8(10(9)12)5-13-14-11/h2,4-5,15H,1,3,6H2,(H,13,14). The molecule has 0 saturated carbocycles. The lowest BCUT2D eigenvalue weighted by atomic mass is 10.1. The van der Waals surface area contributed by atoms with E-state index in [1.54, 1.807) is 0 Å². The second-order valence-electron chi connectivity index (χ2n) is 3.26. The Morgan fingerprint density at radius 2 is 2.44 bits per heavy atom. The monoisotopic (exact) mass is 222 g/mol. The first-order chi connectivity index (χ1) is 7.77. The molecule has 1 aromatic carbocycles. The van der Waals surface area contributed by atoms with Gasteiger partial charge in [-0.15, -0.1) is 0 Å². The fourth-order valence-corrected chi connectivity index (χ4v) is 1.50. The van der Waals surface area contributed by atoms with Crippen molar-refractivity contribution < 1.29 is 14.2 Å². The number of rotatable bonds is 4. The smallest absolute Gasteiger partial charge is 0.176 e. The summed E-state index contributed by atoms with van der Waals surface area (Å²) in [6.45, 7) is 3.49. The van der Waals surface area contributed by atoms with Crippen molar-refractivity contribution in [1.82, 2.24) is 10.2 Å². The fraction of sp³-hybridized carbons (Fsp3) is 0.182. The number of aromatic amines is 1. The number of nitrogens with zero attached hydrogens (tertiary/aromatic N) is 1. The lowest BCUT2D eigenvalue weighted by molar-refractivity contribution is 0.281. The Kier molecular flexibility index (Phi) is 2.87. The second kappa shape index (κ2) is 4.32. The molecule has 0 radical (unpaired) electrons. The minimum absolute atomic E-state index is 0.0952. The van der Waals surface area contributed by atoms with Crippen LogP contribution in [0.3, 0.4) is 0 Å². The zero-order valence-electron chi connectivity index (χ0n) is 8.53. The molecule has 2 aromatic rings. The van der Waals surface area contributed by atoms with Gasteiger partial charge in [0.2, 0.25) is 0 Å². The van der Waals surface area contributed by atoms with E-state index in [1.807, 2.05) is 0 Å². The summed E-state index contributed by atoms with van der Waals surface area (Å²) in [7, 11) is 0. The Morgan fingerprint density at radius 1 is 1.62 bits per heavy atom. The highest BCUT2D eigenvalue weighted by atomic mass is 19.1. The molecule has 0 saturated heterocycles. The summed E-state index contributed by atoms with van der Waals surface area (Å²) >= 11 is 0. The van der Waals surface area contributed by atoms with Crippen LogP contribution in [0, 0.1) is 5.82 Å². The summed E-state index contributed by atoms with van der Waals surface area (Å²) in [5.41, 5.74) is 1.04. The molecule has 0 fully saturated rings. The Hall–Kier alpha value is -1.88. The van der Waals surface area contributed by atoms with Crippen molar-refractivity contribution >= 4 is 10.9 Å². The molecule has 0 aliphatic heterocycles. The summed E-state index contributed by atoms with van der Waals surface area (Å²) < 4.78 is 19.0. The van der Waals surface area contributed by atoms with Crippen LogP contribution in [-0.2, 0) is 6.61 Å². The molecule has 0 spiro atoms. The Labute approximate surface area is 91.4 Å². The molecule has 84 valence electrons. The van der Waals surface area contributed by atoms with Crippen LogP contribution in [-0.4, -0.2) is 21.9 Å². The highest BCUT2D eigenvalue weighted by Gasteiger charge is 2.13. The van der Waals surface area contributed by atoms with Gasteiger partial charge in [-0.05, 0) is 6.07 Å². The van der Waals surface area contributed by atoms with Crippen molar-refractivity contribution in [2.75, 3.05) is 6.61 Å². The van der Waals surface area contributed by atoms with Crippen LogP contribution in [0.2, 0.25) is 0 Å². The minimum Gasteiger partial charge on any atom is -0.486 e. The first-order valence-electron chi connectivity index (χ1n) is 4.77. The van der Waals surface area contributed by atoms with Gasteiger partial charge in [-0.2, -0.15) is 5.10 Å². The maximum Gasteiger partial charge on any atom is 0.176 e. The molecule has 2 N–H and O–H groups in total. The van der Waals surface area contributed by atoms with Gasteiger partial charge >= 0.3 is 0 Å². The molecule has 0 bridgehead atoms. The van der Waals surface area contributed by atoms with Crippen LogP contribution in [0.5, 0.6) is 5.75 Å². The zero-order valence-corrected chi connectivity index (χ0v) is 8.53. The van der Waals surface area contributed by atoms with Gasteiger partial charge < -0.3 is 9.84 Å². The Bertz CT molecular complexity index is 522. The number of halogens is 1. The van der Waals surface area contributed by atoms with E-state index in [0.29, 0.717) is 16.5 Å². The van der Waals surface area contributed by atoms with Gasteiger partial charge in [0.15, 0.2) is 11.6 Å². The maximum absolute atomic E-state index is 13.8. The molecule has 0 unspecified atom stereocenters. The first kappa shape index (κ1) is 10.6. The average molecular weight is 222 g/mol. The predicted molar refractivity (Wildman–Crippen MR) is 57.7 cm³/mol. The van der Waals surface area contributed by atoms with Crippen LogP contribution in [0.25, 0.3) is 10.9 Å². The lowest BCUT2D eigenvalue weighted by Crippen LogP contribution is -1.98. The van der Waals surface area contributed by atoms with E-state index in [-0.39, 0.29) is 19.0 Å². The van der Waals surface area contributed by atoms with Gasteiger partial charge in [0, 0.05) is 5.56 Å². The molecule has 16 heavy (non-hydrogen) atoms. The van der Waals surface area contributed by atoms with Gasteiger partial charge in [0.1, 0.15) is 6.61 Å². The number of aromatic nitrogens is 2. The summed E-state index contributed by atoms with van der Waals surface area (Å²) in [6.07, 6.45) is 2.89. The SMILES string of the molecule is C=CCOc1cc(CO)c2[nH]ncc2c1F. The average Bonchev–Trinajstić information content (AvgIpc) is 2.78. The fourth-order valence-electron chi connectivity index (χ4n) is 1.50. The first-order valence-corrected chi connectivity index (χ1v) is 4.77. The van der Waals surface area contributed by atoms with Crippen molar-refractivity contribution in [3.05, 3.63) is 36.3 Å². The number of hydrogen-bond donors (Lipinski definition) is 2. The predicted octanol–water partition coefficient (Wildman–Crippen LogP) is 1.76. The number of nitrogens with one attached hydrogen (secondary N) is 1. The second-order valence-corrected chi connectivity index (χ2v) is 3.26. The van der Waals surface area contributed by atoms with Gasteiger partial charge in [-0.25, -0.2) is 4.39 Å². The van der Waals surface area contributed by atoms with E-state index in [2.05, 4.69) is 16.8 Å². The van der Waals surface area contributed by atoms with Gasteiger partial charge in [-0.1, -0.05) is 12.7 Å². The topological polar surface area (TPSA) is 58.1 Å². The van der Waals surface area contributed by atoms with E-state index in [1.165, 1.54) is 18.3 Å². The van der Waals surface area contributed by atoms with Gasteiger partial charge in [0.25, 0.3) is 0 Å². The van der Waals surface area contributed by atoms with E-state index in [9.17, 15) is 4.39 Å². The quantitative estimate of drug-likeness (QED) is 0.775. The lowest BCUT2D eigenvalue weighted by Gasteiger charge is -2.07. The number of fused-ring (bicyclic) bond motifs is 1. The van der Waals surface area contributed by atoms with E-state index >= 15 is 0 Å². The molecule has 5 heteroatoms. The van der Waals surface area contributed by atoms with Crippen molar-refractivity contribution in [2.24, 2.45) is 0 Å². The number of hydrogen-bond acceptors (Lipinski definition) is 3. The molecule has 1 heterocycles. The van der Waals surface area contributed by atoms with E-state index in [0.717, 1.165) is 0 Å². The largest absolute Gasteiger partial charge is 0.486 e. The van der Waals surface area contributed by atoms with Crippen molar-refractivity contribution in [3.63, 3.8) is 0 Å².